The molecule has 5 heterocycles. The van der Waals surface area contributed by atoms with Crippen LogP contribution < -0.4 is 16.0 Å². The van der Waals surface area contributed by atoms with Gasteiger partial charge in [0, 0.05) is 62.0 Å². The molecule has 3 N–H and O–H groups in total. The molecule has 0 spiro atoms. The molecule has 0 radical (unpaired) electrons. The van der Waals surface area contributed by atoms with Crippen LogP contribution >= 0.6 is 11.6 Å². The molecular weight excluding hydrogens is 414 g/mol. The number of hydrogen-bond donors (Lipinski definition) is 2. The molecule has 3 aliphatic rings. The van der Waals surface area contributed by atoms with Crippen molar-refractivity contribution in [2.75, 3.05) is 37.6 Å². The molecule has 3 aliphatic heterocycles. The molecule has 4 atom stereocenters. The van der Waals surface area contributed by atoms with Crippen LogP contribution in [0.4, 0.5) is 5.82 Å². The summed E-state index contributed by atoms with van der Waals surface area (Å²) in [5.41, 5.74) is 8.96. The van der Waals surface area contributed by atoms with E-state index in [1.807, 2.05) is 15.6 Å². The number of rotatable bonds is 3. The highest BCUT2D eigenvalue weighted by atomic mass is 35.5. The van der Waals surface area contributed by atoms with Crippen molar-refractivity contribution in [2.24, 2.45) is 11.7 Å². The molecule has 2 aromatic rings. The number of nitrogens with one attached hydrogen (secondary N) is 1. The lowest BCUT2D eigenvalue weighted by Gasteiger charge is -2.38. The van der Waals surface area contributed by atoms with E-state index in [4.69, 9.17) is 27.4 Å². The standard InChI is InChI=1S/C22H32ClN7O/c1-14-12-30-20(26-21(14)28-7-5-17(24)13-28)9-18(27-30)19-4-2-3-6-29(19)22(31)15-8-16(23)11-25-10-15/h9,12,15-17,19,25H,2-8,10-11,13,24H2,1H3. The maximum Gasteiger partial charge on any atom is 0.227 e. The molecule has 0 aromatic carbocycles. The Morgan fingerprint density at radius 2 is 2.13 bits per heavy atom. The van der Waals surface area contributed by atoms with Crippen molar-refractivity contribution >= 4 is 29.0 Å². The van der Waals surface area contributed by atoms with Gasteiger partial charge in [-0.15, -0.1) is 11.6 Å². The number of aryl methyl sites for hydroxylation is 1. The molecule has 3 fully saturated rings. The second kappa shape index (κ2) is 8.56. The number of carbonyl (C=O) groups is 1. The van der Waals surface area contributed by atoms with Crippen molar-refractivity contribution < 1.29 is 4.79 Å². The largest absolute Gasteiger partial charge is 0.355 e. The second-order valence-electron chi connectivity index (χ2n) is 9.35. The number of alkyl halides is 1. The zero-order chi connectivity index (χ0) is 21.5. The predicted molar refractivity (Wildman–Crippen MR) is 121 cm³/mol. The summed E-state index contributed by atoms with van der Waals surface area (Å²) in [6.07, 6.45) is 6.86. The van der Waals surface area contributed by atoms with E-state index < -0.39 is 0 Å². The summed E-state index contributed by atoms with van der Waals surface area (Å²) in [4.78, 5) is 22.6. The van der Waals surface area contributed by atoms with E-state index >= 15 is 0 Å². The van der Waals surface area contributed by atoms with Crippen LogP contribution in [0.25, 0.3) is 5.65 Å². The molecule has 8 nitrogen and oxygen atoms in total. The third kappa shape index (κ3) is 4.13. The summed E-state index contributed by atoms with van der Waals surface area (Å²) in [5, 5.41) is 8.17. The average Bonchev–Trinajstić information content (AvgIpc) is 3.38. The van der Waals surface area contributed by atoms with Gasteiger partial charge in [-0.3, -0.25) is 4.79 Å². The number of halogens is 1. The molecule has 5 rings (SSSR count). The first-order valence-corrected chi connectivity index (χ1v) is 12.0. The van der Waals surface area contributed by atoms with Gasteiger partial charge in [-0.1, -0.05) is 0 Å². The van der Waals surface area contributed by atoms with Crippen molar-refractivity contribution in [2.45, 2.75) is 56.5 Å². The third-order valence-electron chi connectivity index (χ3n) is 6.92. The second-order valence-corrected chi connectivity index (χ2v) is 9.96. The van der Waals surface area contributed by atoms with Gasteiger partial charge in [0.15, 0.2) is 5.65 Å². The van der Waals surface area contributed by atoms with Crippen LogP contribution in [0.2, 0.25) is 0 Å². The first-order chi connectivity index (χ1) is 15.0. The minimum absolute atomic E-state index is 0.00242. The molecule has 9 heteroatoms. The summed E-state index contributed by atoms with van der Waals surface area (Å²) in [7, 11) is 0. The fourth-order valence-corrected chi connectivity index (χ4v) is 5.62. The fourth-order valence-electron chi connectivity index (χ4n) is 5.30. The van der Waals surface area contributed by atoms with Crippen LogP contribution in [0.5, 0.6) is 0 Å². The maximum absolute atomic E-state index is 13.4. The smallest absolute Gasteiger partial charge is 0.227 e. The molecule has 31 heavy (non-hydrogen) atoms. The molecule has 4 unspecified atom stereocenters. The minimum Gasteiger partial charge on any atom is -0.355 e. The van der Waals surface area contributed by atoms with Crippen molar-refractivity contribution in [1.29, 1.82) is 0 Å². The number of fused-ring (bicyclic) bond motifs is 1. The van der Waals surface area contributed by atoms with Crippen LogP contribution in [-0.2, 0) is 4.79 Å². The van der Waals surface area contributed by atoms with Gasteiger partial charge in [0.25, 0.3) is 0 Å². The van der Waals surface area contributed by atoms with E-state index in [9.17, 15) is 4.79 Å². The van der Waals surface area contributed by atoms with Gasteiger partial charge in [-0.05, 0) is 39.0 Å². The number of anilines is 1. The Morgan fingerprint density at radius 3 is 2.90 bits per heavy atom. The number of nitrogens with two attached hydrogens (primary N) is 1. The fraction of sp³-hybridized carbons (Fsp3) is 0.682. The zero-order valence-corrected chi connectivity index (χ0v) is 18.9. The summed E-state index contributed by atoms with van der Waals surface area (Å²) in [6.45, 7) is 6.11. The first kappa shape index (κ1) is 21.0. The molecule has 0 saturated carbocycles. The third-order valence-corrected chi connectivity index (χ3v) is 7.25. The lowest BCUT2D eigenvalue weighted by Crippen LogP contribution is -2.48. The maximum atomic E-state index is 13.4. The minimum atomic E-state index is -0.0553. The summed E-state index contributed by atoms with van der Waals surface area (Å²) < 4.78 is 1.86. The predicted octanol–water partition coefficient (Wildman–Crippen LogP) is 1.85. The summed E-state index contributed by atoms with van der Waals surface area (Å²) in [5.74, 6) is 1.14. The van der Waals surface area contributed by atoms with Gasteiger partial charge in [-0.25, -0.2) is 9.50 Å². The first-order valence-electron chi connectivity index (χ1n) is 11.5. The summed E-state index contributed by atoms with van der Waals surface area (Å²) >= 11 is 6.32. The number of carbonyl (C=O) groups excluding carboxylic acids is 1. The Hall–Kier alpha value is -1.90. The van der Waals surface area contributed by atoms with E-state index in [1.165, 1.54) is 0 Å². The molecule has 0 aliphatic carbocycles. The highest BCUT2D eigenvalue weighted by molar-refractivity contribution is 6.21. The van der Waals surface area contributed by atoms with E-state index in [2.05, 4.69) is 23.2 Å². The Bertz CT molecular complexity index is 963. The molecule has 1 amide bonds. The van der Waals surface area contributed by atoms with Crippen molar-refractivity contribution in [1.82, 2.24) is 24.8 Å². The van der Waals surface area contributed by atoms with E-state index in [1.54, 1.807) is 0 Å². The molecule has 3 saturated heterocycles. The zero-order valence-electron chi connectivity index (χ0n) is 18.1. The van der Waals surface area contributed by atoms with Crippen LogP contribution in [0.1, 0.15) is 49.4 Å². The van der Waals surface area contributed by atoms with Crippen LogP contribution in [0, 0.1) is 12.8 Å². The highest BCUT2D eigenvalue weighted by Crippen LogP contribution is 2.33. The highest BCUT2D eigenvalue weighted by Gasteiger charge is 2.36. The van der Waals surface area contributed by atoms with Gasteiger partial charge >= 0.3 is 0 Å². The monoisotopic (exact) mass is 445 g/mol. The number of aromatic nitrogens is 3. The Kier molecular flexibility index (Phi) is 5.79. The Balaban J connectivity index is 1.42. The van der Waals surface area contributed by atoms with Crippen molar-refractivity contribution in [3.05, 3.63) is 23.5 Å². The van der Waals surface area contributed by atoms with Crippen LogP contribution in [0.3, 0.4) is 0 Å². The van der Waals surface area contributed by atoms with Gasteiger partial charge in [0.1, 0.15) is 5.82 Å². The number of nitrogens with zero attached hydrogens (tertiary/aromatic N) is 5. The van der Waals surface area contributed by atoms with Crippen LogP contribution in [0.15, 0.2) is 12.3 Å². The summed E-state index contributed by atoms with van der Waals surface area (Å²) in [6, 6.07) is 2.27. The Labute approximate surface area is 188 Å². The van der Waals surface area contributed by atoms with Gasteiger partial charge < -0.3 is 20.9 Å². The topological polar surface area (TPSA) is 91.8 Å². The molecule has 168 valence electrons. The van der Waals surface area contributed by atoms with Gasteiger partial charge in [-0.2, -0.15) is 5.10 Å². The Morgan fingerprint density at radius 1 is 1.26 bits per heavy atom. The number of amides is 1. The lowest BCUT2D eigenvalue weighted by atomic mass is 9.93. The van der Waals surface area contributed by atoms with E-state index in [0.717, 1.165) is 81.0 Å². The molecule has 0 bridgehead atoms. The molecular formula is C22H32ClN7O. The van der Waals surface area contributed by atoms with E-state index in [0.29, 0.717) is 6.54 Å². The number of likely N-dealkylation sites (tertiary alicyclic amines) is 1. The SMILES string of the molecule is Cc1cn2nc(C3CCCCN3C(=O)C3CNCC(Cl)C3)cc2nc1N1CCC(N)C1. The van der Waals surface area contributed by atoms with Gasteiger partial charge in [0.05, 0.1) is 17.7 Å². The number of piperidine rings is 2. The van der Waals surface area contributed by atoms with Crippen LogP contribution in [-0.4, -0.2) is 69.5 Å². The normalized spacial score (nSPS) is 29.6. The van der Waals surface area contributed by atoms with Gasteiger partial charge in [0.2, 0.25) is 5.91 Å². The van der Waals surface area contributed by atoms with Crippen molar-refractivity contribution in [3.63, 3.8) is 0 Å². The lowest BCUT2D eigenvalue weighted by molar-refractivity contribution is -0.140. The molecule has 2 aromatic heterocycles. The number of hydrogen-bond acceptors (Lipinski definition) is 6. The van der Waals surface area contributed by atoms with E-state index in [-0.39, 0.29) is 29.3 Å². The quantitative estimate of drug-likeness (QED) is 0.700. The average molecular weight is 446 g/mol. The van der Waals surface area contributed by atoms with Crippen molar-refractivity contribution in [3.8, 4) is 0 Å².